The number of aromatic nitrogens is 2. The second kappa shape index (κ2) is 8.15. The maximum Gasteiger partial charge on any atom is 0.243 e. The van der Waals surface area contributed by atoms with E-state index in [2.05, 4.69) is 16.0 Å². The third kappa shape index (κ3) is 3.94. The number of hydrogen-bond donors (Lipinski definition) is 1. The first-order chi connectivity index (χ1) is 13.4. The van der Waals surface area contributed by atoms with Crippen molar-refractivity contribution in [2.24, 2.45) is 0 Å². The van der Waals surface area contributed by atoms with Gasteiger partial charge in [-0.1, -0.05) is 37.6 Å². The lowest BCUT2D eigenvalue weighted by Gasteiger charge is -2.18. The summed E-state index contributed by atoms with van der Waals surface area (Å²) in [7, 11) is -3.55. The molecule has 0 saturated heterocycles. The molecule has 28 heavy (non-hydrogen) atoms. The van der Waals surface area contributed by atoms with Gasteiger partial charge in [0.15, 0.2) is 0 Å². The zero-order valence-electron chi connectivity index (χ0n) is 15.5. The van der Waals surface area contributed by atoms with Gasteiger partial charge in [-0.05, 0) is 42.0 Å². The van der Waals surface area contributed by atoms with Crippen LogP contribution in [0.2, 0.25) is 0 Å². The molecule has 6 nitrogen and oxygen atoms in total. The summed E-state index contributed by atoms with van der Waals surface area (Å²) < 4.78 is 26.8. The number of aromatic amines is 1. The van der Waals surface area contributed by atoms with E-state index in [0.717, 1.165) is 5.56 Å². The Balaban J connectivity index is 1.99. The monoisotopic (exact) mass is 414 g/mol. The first-order valence-corrected chi connectivity index (χ1v) is 10.6. The van der Waals surface area contributed by atoms with E-state index in [1.54, 1.807) is 56.3 Å². The van der Waals surface area contributed by atoms with Gasteiger partial charge in [0.05, 0.1) is 32.6 Å². The number of nitrogens with one attached hydrogen (secondary N) is 1. The quantitative estimate of drug-likeness (QED) is 0.654. The van der Waals surface area contributed by atoms with E-state index in [1.165, 1.54) is 4.31 Å². The second-order valence-corrected chi connectivity index (χ2v) is 8.43. The zero-order valence-corrected chi connectivity index (χ0v) is 17.0. The lowest BCUT2D eigenvalue weighted by molar-refractivity contribution is 0.445. The van der Waals surface area contributed by atoms with Gasteiger partial charge in [0.2, 0.25) is 10.0 Å². The Labute approximate surface area is 169 Å². The molecule has 0 atom stereocenters. The Morgan fingerprint density at radius 1 is 1.25 bits per heavy atom. The van der Waals surface area contributed by atoms with Crippen LogP contribution < -0.4 is 0 Å². The molecule has 0 fully saturated rings. The van der Waals surface area contributed by atoms with E-state index < -0.39 is 10.0 Å². The molecule has 8 heteroatoms. The topological polar surface area (TPSA) is 89.8 Å². The molecule has 0 spiro atoms. The minimum atomic E-state index is -3.55. The third-order valence-corrected chi connectivity index (χ3v) is 6.67. The van der Waals surface area contributed by atoms with Crippen LogP contribution >= 0.6 is 11.6 Å². The third-order valence-electron chi connectivity index (χ3n) is 4.33. The van der Waals surface area contributed by atoms with Crippen LogP contribution in [0.3, 0.4) is 0 Å². The summed E-state index contributed by atoms with van der Waals surface area (Å²) in [6, 6.07) is 13.9. The normalized spacial score (nSPS) is 12.5. The van der Waals surface area contributed by atoms with E-state index in [-0.39, 0.29) is 4.90 Å². The second-order valence-electron chi connectivity index (χ2n) is 6.08. The van der Waals surface area contributed by atoms with Crippen molar-refractivity contribution < 1.29 is 8.42 Å². The summed E-state index contributed by atoms with van der Waals surface area (Å²) in [5.74, 6) is 0.427. The molecule has 0 bridgehead atoms. The van der Waals surface area contributed by atoms with Crippen LogP contribution in [-0.2, 0) is 10.0 Å². The number of imidazole rings is 1. The Bertz CT molecular complexity index is 1190. The number of fused-ring (bicyclic) bond motifs is 1. The molecule has 0 aliphatic carbocycles. The molecule has 0 amide bonds. The van der Waals surface area contributed by atoms with Crippen molar-refractivity contribution in [1.82, 2.24) is 14.3 Å². The van der Waals surface area contributed by atoms with Gasteiger partial charge >= 0.3 is 0 Å². The fourth-order valence-corrected chi connectivity index (χ4v) is 4.59. The van der Waals surface area contributed by atoms with Crippen molar-refractivity contribution in [3.05, 3.63) is 59.4 Å². The van der Waals surface area contributed by atoms with Crippen molar-refractivity contribution in [2.45, 2.75) is 18.7 Å². The van der Waals surface area contributed by atoms with Gasteiger partial charge in [-0.25, -0.2) is 13.4 Å². The number of H-pyrrole nitrogens is 1. The molecule has 144 valence electrons. The summed E-state index contributed by atoms with van der Waals surface area (Å²) in [5, 5.41) is 9.36. The van der Waals surface area contributed by atoms with Crippen molar-refractivity contribution in [3.8, 4) is 6.07 Å². The SMILES string of the molecule is CCN(CC)S(=O)(=O)c1ccc2nc(C(Cl)=Cc3cccc(C#N)c3)[nH]c2c1. The number of nitrogens with zero attached hydrogens (tertiary/aromatic N) is 3. The van der Waals surface area contributed by atoms with Crippen LogP contribution in [-0.4, -0.2) is 35.8 Å². The highest BCUT2D eigenvalue weighted by atomic mass is 35.5. The molecule has 0 aliphatic heterocycles. The highest BCUT2D eigenvalue weighted by Gasteiger charge is 2.22. The number of rotatable bonds is 6. The average molecular weight is 415 g/mol. The molecule has 2 aromatic carbocycles. The predicted octanol–water partition coefficient (Wildman–Crippen LogP) is 4.20. The van der Waals surface area contributed by atoms with Crippen molar-refractivity contribution in [3.63, 3.8) is 0 Å². The summed E-state index contributed by atoms with van der Waals surface area (Å²) in [4.78, 5) is 7.71. The molecule has 0 radical (unpaired) electrons. The molecule has 1 heterocycles. The zero-order chi connectivity index (χ0) is 20.3. The van der Waals surface area contributed by atoms with E-state index in [1.807, 2.05) is 6.07 Å². The molecule has 0 unspecified atom stereocenters. The Hall–Kier alpha value is -2.66. The number of nitriles is 1. The maximum atomic E-state index is 12.7. The van der Waals surface area contributed by atoms with Gasteiger partial charge in [-0.3, -0.25) is 0 Å². The van der Waals surface area contributed by atoms with E-state index in [0.29, 0.717) is 40.5 Å². The standard InChI is InChI=1S/C20H19ClN4O2S/c1-3-25(4-2)28(26,27)16-8-9-18-19(12-16)24-20(23-18)17(21)11-14-6-5-7-15(10-14)13-22/h5-12H,3-4H2,1-2H3,(H,23,24). The van der Waals surface area contributed by atoms with Crippen molar-refractivity contribution in [1.29, 1.82) is 5.26 Å². The van der Waals surface area contributed by atoms with Crippen molar-refractivity contribution >= 4 is 43.8 Å². The van der Waals surface area contributed by atoms with Gasteiger partial charge in [-0.2, -0.15) is 9.57 Å². The minimum absolute atomic E-state index is 0.209. The Kier molecular flexibility index (Phi) is 5.84. The van der Waals surface area contributed by atoms with Crippen LogP contribution in [0.25, 0.3) is 22.1 Å². The highest BCUT2D eigenvalue weighted by molar-refractivity contribution is 7.89. The lowest BCUT2D eigenvalue weighted by atomic mass is 10.1. The van der Waals surface area contributed by atoms with Crippen LogP contribution in [0.15, 0.2) is 47.4 Å². The van der Waals surface area contributed by atoms with Crippen LogP contribution in [0.1, 0.15) is 30.8 Å². The Morgan fingerprint density at radius 3 is 2.68 bits per heavy atom. The smallest absolute Gasteiger partial charge is 0.243 e. The molecular weight excluding hydrogens is 396 g/mol. The number of sulfonamides is 1. The van der Waals surface area contributed by atoms with Gasteiger partial charge in [0.25, 0.3) is 0 Å². The van der Waals surface area contributed by atoms with Gasteiger partial charge in [0, 0.05) is 13.1 Å². The highest BCUT2D eigenvalue weighted by Crippen LogP contribution is 2.25. The minimum Gasteiger partial charge on any atom is -0.337 e. The molecule has 1 aromatic heterocycles. The van der Waals surface area contributed by atoms with Crippen LogP contribution in [0.4, 0.5) is 0 Å². The largest absolute Gasteiger partial charge is 0.337 e. The molecule has 0 aliphatic rings. The molecule has 1 N–H and O–H groups in total. The fourth-order valence-electron chi connectivity index (χ4n) is 2.89. The number of halogens is 1. The fraction of sp³-hybridized carbons (Fsp3) is 0.200. The molecular formula is C20H19ClN4O2S. The summed E-state index contributed by atoms with van der Waals surface area (Å²) >= 11 is 6.39. The maximum absolute atomic E-state index is 12.7. The van der Waals surface area contributed by atoms with Gasteiger partial charge in [-0.15, -0.1) is 0 Å². The first kappa shape index (κ1) is 20.1. The number of hydrogen-bond acceptors (Lipinski definition) is 4. The molecule has 0 saturated carbocycles. The van der Waals surface area contributed by atoms with Crippen LogP contribution in [0.5, 0.6) is 0 Å². The lowest BCUT2D eigenvalue weighted by Crippen LogP contribution is -2.30. The van der Waals surface area contributed by atoms with E-state index >= 15 is 0 Å². The molecule has 3 aromatic rings. The Morgan fingerprint density at radius 2 is 2.00 bits per heavy atom. The summed E-state index contributed by atoms with van der Waals surface area (Å²) in [5.41, 5.74) is 2.51. The van der Waals surface area contributed by atoms with Crippen LogP contribution in [0, 0.1) is 11.3 Å². The summed E-state index contributed by atoms with van der Waals surface area (Å²) in [6.45, 7) is 4.42. The van der Waals surface area contributed by atoms with Crippen molar-refractivity contribution in [2.75, 3.05) is 13.1 Å². The average Bonchev–Trinajstić information content (AvgIpc) is 3.12. The van der Waals surface area contributed by atoms with E-state index in [4.69, 9.17) is 16.9 Å². The predicted molar refractivity (Wildman–Crippen MR) is 111 cm³/mol. The first-order valence-electron chi connectivity index (χ1n) is 8.76. The number of benzene rings is 2. The molecule has 3 rings (SSSR count). The summed E-state index contributed by atoms with van der Waals surface area (Å²) in [6.07, 6.45) is 1.70. The van der Waals surface area contributed by atoms with Gasteiger partial charge < -0.3 is 4.98 Å². The van der Waals surface area contributed by atoms with E-state index in [9.17, 15) is 8.42 Å². The van der Waals surface area contributed by atoms with Gasteiger partial charge in [0.1, 0.15) is 5.82 Å².